The first kappa shape index (κ1) is 17.9. The lowest BCUT2D eigenvalue weighted by molar-refractivity contribution is -0.146. The second-order valence-corrected chi connectivity index (χ2v) is 6.44. The number of thiophene rings is 1. The van der Waals surface area contributed by atoms with E-state index in [1.165, 1.54) is 5.56 Å². The zero-order valence-corrected chi connectivity index (χ0v) is 14.4. The molecule has 2 saturated heterocycles. The Morgan fingerprint density at radius 1 is 1.09 bits per heavy atom. The summed E-state index contributed by atoms with van der Waals surface area (Å²) < 4.78 is 0. The summed E-state index contributed by atoms with van der Waals surface area (Å²) in [7, 11) is 0. The predicted octanol–water partition coefficient (Wildman–Crippen LogP) is 0.963. The van der Waals surface area contributed by atoms with Crippen molar-refractivity contribution in [1.29, 1.82) is 0 Å². The lowest BCUT2D eigenvalue weighted by atomic mass is 10.2. The zero-order valence-electron chi connectivity index (χ0n) is 12.8. The summed E-state index contributed by atoms with van der Waals surface area (Å²) >= 11 is 1.69. The van der Waals surface area contributed by atoms with Gasteiger partial charge in [0.1, 0.15) is 6.54 Å². The molecule has 0 aliphatic carbocycles. The number of nitrogens with zero attached hydrogens (tertiary/aromatic N) is 3. The number of hydrogen-bond acceptors (Lipinski definition) is 5. The van der Waals surface area contributed by atoms with Gasteiger partial charge in [-0.3, -0.25) is 24.2 Å². The third-order valence-corrected chi connectivity index (χ3v) is 4.89. The number of halogens is 1. The molecule has 1 aromatic heterocycles. The molecule has 0 atom stereocenters. The second-order valence-electron chi connectivity index (χ2n) is 5.66. The topological polar surface area (TPSA) is 60.9 Å². The minimum Gasteiger partial charge on any atom is -0.339 e. The molecule has 0 aromatic carbocycles. The molecular weight excluding hydrogens is 338 g/mol. The van der Waals surface area contributed by atoms with E-state index in [4.69, 9.17) is 0 Å². The molecule has 2 aliphatic rings. The van der Waals surface area contributed by atoms with Gasteiger partial charge in [0, 0.05) is 45.6 Å². The van der Waals surface area contributed by atoms with Crippen molar-refractivity contribution in [2.75, 3.05) is 32.7 Å². The summed E-state index contributed by atoms with van der Waals surface area (Å²) in [6, 6.07) is 2.12. The van der Waals surface area contributed by atoms with Crippen molar-refractivity contribution in [2.24, 2.45) is 0 Å². The van der Waals surface area contributed by atoms with E-state index in [0.29, 0.717) is 13.1 Å². The average molecular weight is 358 g/mol. The van der Waals surface area contributed by atoms with Crippen LogP contribution in [0.15, 0.2) is 16.8 Å². The van der Waals surface area contributed by atoms with Gasteiger partial charge in [0.15, 0.2) is 0 Å². The van der Waals surface area contributed by atoms with Crippen molar-refractivity contribution < 1.29 is 14.4 Å². The maximum absolute atomic E-state index is 12.2. The smallest absolute Gasteiger partial charge is 0.242 e. The average Bonchev–Trinajstić information content (AvgIpc) is 3.13. The fourth-order valence-corrected chi connectivity index (χ4v) is 3.49. The van der Waals surface area contributed by atoms with E-state index in [1.807, 2.05) is 0 Å². The molecule has 0 spiro atoms. The van der Waals surface area contributed by atoms with Gasteiger partial charge < -0.3 is 4.90 Å². The molecule has 3 rings (SSSR count). The molecule has 1 aromatic rings. The van der Waals surface area contributed by atoms with E-state index in [9.17, 15) is 14.4 Å². The Kier molecular flexibility index (Phi) is 6.15. The van der Waals surface area contributed by atoms with Crippen LogP contribution in [0, 0.1) is 0 Å². The Morgan fingerprint density at radius 3 is 2.30 bits per heavy atom. The third-order valence-electron chi connectivity index (χ3n) is 4.16. The van der Waals surface area contributed by atoms with Gasteiger partial charge >= 0.3 is 0 Å². The van der Waals surface area contributed by atoms with Crippen LogP contribution in [-0.4, -0.2) is 65.1 Å². The molecule has 2 fully saturated rings. The Bertz CT molecular complexity index is 555. The molecule has 2 aliphatic heterocycles. The maximum Gasteiger partial charge on any atom is 0.242 e. The fourth-order valence-electron chi connectivity index (χ4n) is 2.83. The van der Waals surface area contributed by atoms with E-state index in [2.05, 4.69) is 21.7 Å². The van der Waals surface area contributed by atoms with E-state index in [-0.39, 0.29) is 49.5 Å². The number of imide groups is 1. The molecule has 3 amide bonds. The number of carbonyl (C=O) groups excluding carboxylic acids is 3. The van der Waals surface area contributed by atoms with Crippen molar-refractivity contribution in [1.82, 2.24) is 14.7 Å². The SMILES string of the molecule is Cl.O=C(CN1C(=O)CCC1=O)N1CCN(Cc2ccsc2)CC1. The van der Waals surface area contributed by atoms with Gasteiger partial charge in [0.2, 0.25) is 17.7 Å². The summed E-state index contributed by atoms with van der Waals surface area (Å²) in [4.78, 5) is 40.5. The van der Waals surface area contributed by atoms with Crippen LogP contribution in [0.25, 0.3) is 0 Å². The van der Waals surface area contributed by atoms with Gasteiger partial charge in [-0.25, -0.2) is 0 Å². The van der Waals surface area contributed by atoms with Crippen LogP contribution in [-0.2, 0) is 20.9 Å². The van der Waals surface area contributed by atoms with Crippen LogP contribution in [0.5, 0.6) is 0 Å². The summed E-state index contributed by atoms with van der Waals surface area (Å²) in [6.07, 6.45) is 0.473. The molecule has 3 heterocycles. The number of likely N-dealkylation sites (tertiary alicyclic amines) is 1. The van der Waals surface area contributed by atoms with Gasteiger partial charge in [-0.1, -0.05) is 0 Å². The zero-order chi connectivity index (χ0) is 15.5. The van der Waals surface area contributed by atoms with Crippen molar-refractivity contribution in [2.45, 2.75) is 19.4 Å². The van der Waals surface area contributed by atoms with Gasteiger partial charge in [-0.2, -0.15) is 11.3 Å². The van der Waals surface area contributed by atoms with E-state index >= 15 is 0 Å². The molecule has 0 unspecified atom stereocenters. The molecule has 23 heavy (non-hydrogen) atoms. The highest BCUT2D eigenvalue weighted by atomic mass is 35.5. The van der Waals surface area contributed by atoms with Gasteiger partial charge in [0.05, 0.1) is 0 Å². The molecule has 0 saturated carbocycles. The lowest BCUT2D eigenvalue weighted by Gasteiger charge is -2.35. The molecule has 126 valence electrons. The molecule has 0 N–H and O–H groups in total. The first-order chi connectivity index (χ1) is 10.6. The lowest BCUT2D eigenvalue weighted by Crippen LogP contribution is -2.51. The normalized spacial score (nSPS) is 19.1. The Labute approximate surface area is 145 Å². The summed E-state index contributed by atoms with van der Waals surface area (Å²) in [5.74, 6) is -0.581. The van der Waals surface area contributed by atoms with Crippen LogP contribution in [0.2, 0.25) is 0 Å². The van der Waals surface area contributed by atoms with Crippen molar-refractivity contribution in [3.05, 3.63) is 22.4 Å². The van der Waals surface area contributed by atoms with Crippen LogP contribution in [0.4, 0.5) is 0 Å². The van der Waals surface area contributed by atoms with Crippen LogP contribution in [0.1, 0.15) is 18.4 Å². The summed E-state index contributed by atoms with van der Waals surface area (Å²) in [6.45, 7) is 3.77. The van der Waals surface area contributed by atoms with E-state index < -0.39 is 0 Å². The monoisotopic (exact) mass is 357 g/mol. The Hall–Kier alpha value is -1.44. The standard InChI is InChI=1S/C15H19N3O3S.ClH/c19-13-1-2-14(20)18(13)10-15(21)17-6-4-16(5-7-17)9-12-3-8-22-11-12;/h3,8,11H,1-2,4-7,9-10H2;1H. The number of hydrogen-bond donors (Lipinski definition) is 0. The Morgan fingerprint density at radius 2 is 1.74 bits per heavy atom. The maximum atomic E-state index is 12.2. The minimum absolute atomic E-state index is 0. The first-order valence-corrected chi connectivity index (χ1v) is 8.42. The molecule has 0 radical (unpaired) electrons. The van der Waals surface area contributed by atoms with Crippen LogP contribution >= 0.6 is 23.7 Å². The van der Waals surface area contributed by atoms with Gasteiger partial charge in [-0.05, 0) is 22.4 Å². The number of amides is 3. The highest BCUT2D eigenvalue weighted by Gasteiger charge is 2.32. The van der Waals surface area contributed by atoms with Gasteiger partial charge in [-0.15, -0.1) is 12.4 Å². The molecule has 0 bridgehead atoms. The Balaban J connectivity index is 0.00000192. The predicted molar refractivity (Wildman–Crippen MR) is 89.4 cm³/mol. The minimum atomic E-state index is -0.227. The fraction of sp³-hybridized carbons (Fsp3) is 0.533. The second kappa shape index (κ2) is 7.90. The molecular formula is C15H20ClN3O3S. The van der Waals surface area contributed by atoms with Crippen molar-refractivity contribution in [3.63, 3.8) is 0 Å². The van der Waals surface area contributed by atoms with Crippen LogP contribution in [0.3, 0.4) is 0 Å². The largest absolute Gasteiger partial charge is 0.339 e. The van der Waals surface area contributed by atoms with E-state index in [1.54, 1.807) is 16.2 Å². The van der Waals surface area contributed by atoms with Crippen molar-refractivity contribution >= 4 is 41.5 Å². The summed E-state index contributed by atoms with van der Waals surface area (Å²) in [5.41, 5.74) is 1.30. The quantitative estimate of drug-likeness (QED) is 0.753. The van der Waals surface area contributed by atoms with E-state index in [0.717, 1.165) is 24.5 Å². The number of piperazine rings is 1. The van der Waals surface area contributed by atoms with Crippen LogP contribution < -0.4 is 0 Å². The first-order valence-electron chi connectivity index (χ1n) is 7.48. The van der Waals surface area contributed by atoms with Gasteiger partial charge in [0.25, 0.3) is 0 Å². The highest BCUT2D eigenvalue weighted by Crippen LogP contribution is 2.14. The van der Waals surface area contributed by atoms with Crippen molar-refractivity contribution in [3.8, 4) is 0 Å². The number of rotatable bonds is 4. The highest BCUT2D eigenvalue weighted by molar-refractivity contribution is 7.07. The molecule has 8 heteroatoms. The molecule has 6 nitrogen and oxygen atoms in total. The number of carbonyl (C=O) groups is 3. The third kappa shape index (κ3) is 4.31. The summed E-state index contributed by atoms with van der Waals surface area (Å²) in [5, 5.41) is 4.21.